The number of aliphatic imine (C=N–C) groups is 2. The van der Waals surface area contributed by atoms with Crippen LogP contribution in [0.5, 0.6) is 0 Å². The second kappa shape index (κ2) is 7.90. The van der Waals surface area contributed by atoms with E-state index in [2.05, 4.69) is 43.6 Å². The third kappa shape index (κ3) is 4.81. The maximum absolute atomic E-state index is 11.2. The molecule has 0 aromatic rings. The second-order valence-corrected chi connectivity index (χ2v) is 6.22. The molecule has 0 saturated carbocycles. The van der Waals surface area contributed by atoms with Crippen LogP contribution in [0.1, 0.15) is 12.8 Å². The van der Waals surface area contributed by atoms with Crippen LogP contribution in [-0.4, -0.2) is 33.7 Å². The minimum absolute atomic E-state index is 0.0559. The van der Waals surface area contributed by atoms with Crippen LogP contribution in [0.25, 0.3) is 0 Å². The van der Waals surface area contributed by atoms with E-state index >= 15 is 0 Å². The van der Waals surface area contributed by atoms with Gasteiger partial charge in [-0.25, -0.2) is 0 Å². The maximum Gasteiger partial charge on any atom is 0.299 e. The highest BCUT2D eigenvalue weighted by atomic mass is 32.2. The minimum Gasteiger partial charge on any atom is -0.265 e. The zero-order valence-electron chi connectivity index (χ0n) is 11.6. The van der Waals surface area contributed by atoms with Crippen molar-refractivity contribution in [3.8, 4) is 0 Å². The van der Waals surface area contributed by atoms with Crippen molar-refractivity contribution in [2.24, 2.45) is 30.4 Å². The fourth-order valence-corrected chi connectivity index (χ4v) is 2.85. The highest BCUT2D eigenvalue weighted by molar-refractivity contribution is 8.14. The first kappa shape index (κ1) is 16.4. The molecule has 114 valence electrons. The van der Waals surface area contributed by atoms with Crippen molar-refractivity contribution >= 4 is 45.7 Å². The number of thioether (sulfide) groups is 2. The summed E-state index contributed by atoms with van der Waals surface area (Å²) in [5, 5.41) is 15.6. The summed E-state index contributed by atoms with van der Waals surface area (Å²) in [6, 6.07) is 0. The topological polar surface area (TPSA) is 108 Å². The number of azo groups is 2. The normalized spacial score (nSPS) is 17.8. The Morgan fingerprint density at radius 2 is 1.14 bits per heavy atom. The van der Waals surface area contributed by atoms with Gasteiger partial charge in [0.1, 0.15) is 11.4 Å². The Labute approximate surface area is 135 Å². The molecular formula is C12H12N6O2S2. The van der Waals surface area contributed by atoms with E-state index in [4.69, 9.17) is 0 Å². The highest BCUT2D eigenvalue weighted by Gasteiger charge is 2.14. The van der Waals surface area contributed by atoms with Crippen LogP contribution < -0.4 is 0 Å². The fourth-order valence-electron chi connectivity index (χ4n) is 1.29. The van der Waals surface area contributed by atoms with Gasteiger partial charge in [0.2, 0.25) is 10.3 Å². The first-order valence-electron chi connectivity index (χ1n) is 6.29. The van der Waals surface area contributed by atoms with Gasteiger partial charge in [-0.2, -0.15) is 9.98 Å². The van der Waals surface area contributed by atoms with Crippen molar-refractivity contribution < 1.29 is 9.59 Å². The molecule has 0 fully saturated rings. The molecule has 0 aromatic carbocycles. The summed E-state index contributed by atoms with van der Waals surface area (Å²) in [6.07, 6.45) is 1.79. The largest absolute Gasteiger partial charge is 0.299 e. The van der Waals surface area contributed by atoms with E-state index in [0.29, 0.717) is 10.3 Å². The van der Waals surface area contributed by atoms with Gasteiger partial charge < -0.3 is 0 Å². The van der Waals surface area contributed by atoms with Crippen LogP contribution in [-0.2, 0) is 9.59 Å². The molecule has 0 radical (unpaired) electrons. The van der Waals surface area contributed by atoms with Gasteiger partial charge in [0.25, 0.3) is 11.8 Å². The molecule has 0 unspecified atom stereocenters. The van der Waals surface area contributed by atoms with Crippen LogP contribution in [0.3, 0.4) is 0 Å². The molecule has 10 heteroatoms. The van der Waals surface area contributed by atoms with E-state index in [0.717, 1.165) is 24.3 Å². The van der Waals surface area contributed by atoms with Crippen molar-refractivity contribution in [1.82, 2.24) is 0 Å². The predicted octanol–water partition coefficient (Wildman–Crippen LogP) is 2.96. The summed E-state index contributed by atoms with van der Waals surface area (Å²) in [6.45, 7) is 6.84. The van der Waals surface area contributed by atoms with Crippen molar-refractivity contribution in [3.05, 3.63) is 24.6 Å². The highest BCUT2D eigenvalue weighted by Crippen LogP contribution is 2.18. The first-order valence-corrected chi connectivity index (χ1v) is 8.26. The molecule has 0 atom stereocenters. The average molecular weight is 336 g/mol. The van der Waals surface area contributed by atoms with Gasteiger partial charge in [0, 0.05) is 11.5 Å². The first-order chi connectivity index (χ1) is 10.6. The maximum atomic E-state index is 11.2. The van der Waals surface area contributed by atoms with E-state index in [-0.39, 0.29) is 11.4 Å². The third-order valence-corrected chi connectivity index (χ3v) is 4.25. The summed E-state index contributed by atoms with van der Waals surface area (Å²) in [4.78, 5) is 30.0. The van der Waals surface area contributed by atoms with Crippen LogP contribution >= 0.6 is 23.5 Å². The summed E-state index contributed by atoms with van der Waals surface area (Å²) in [5.41, 5.74) is 0.112. The lowest BCUT2D eigenvalue weighted by Crippen LogP contribution is -2.05. The van der Waals surface area contributed by atoms with Crippen molar-refractivity contribution in [2.75, 3.05) is 11.5 Å². The predicted molar refractivity (Wildman–Crippen MR) is 87.0 cm³/mol. The Morgan fingerprint density at radius 1 is 0.727 bits per heavy atom. The number of hydrogen-bond acceptors (Lipinski definition) is 8. The average Bonchev–Trinajstić information content (AvgIpc) is 2.50. The van der Waals surface area contributed by atoms with Crippen LogP contribution in [0, 0.1) is 0 Å². The Balaban J connectivity index is 1.61. The fraction of sp³-hybridized carbons (Fsp3) is 0.333. The van der Waals surface area contributed by atoms with Crippen molar-refractivity contribution in [1.29, 1.82) is 0 Å². The molecule has 0 aromatic heterocycles. The number of amides is 2. The van der Waals surface area contributed by atoms with Gasteiger partial charge in [-0.3, -0.25) is 9.59 Å². The van der Waals surface area contributed by atoms with Crippen LogP contribution in [0.15, 0.2) is 55.0 Å². The Kier molecular flexibility index (Phi) is 5.90. The molecular weight excluding hydrogens is 324 g/mol. The summed E-state index contributed by atoms with van der Waals surface area (Å²) >= 11 is 2.74. The van der Waals surface area contributed by atoms with E-state index in [1.165, 1.54) is 23.5 Å². The Morgan fingerprint density at radius 3 is 1.50 bits per heavy atom. The quantitative estimate of drug-likeness (QED) is 0.568. The zero-order valence-corrected chi connectivity index (χ0v) is 13.2. The molecule has 2 rings (SSSR count). The number of carbonyl (C=O) groups excluding carboxylic acids is 2. The van der Waals surface area contributed by atoms with E-state index < -0.39 is 11.8 Å². The lowest BCUT2D eigenvalue weighted by molar-refractivity contribution is -0.115. The molecule has 2 aliphatic rings. The van der Waals surface area contributed by atoms with Gasteiger partial charge in [0.15, 0.2) is 0 Å². The van der Waals surface area contributed by atoms with E-state index in [1.54, 1.807) is 0 Å². The monoisotopic (exact) mass is 336 g/mol. The molecule has 22 heavy (non-hydrogen) atoms. The van der Waals surface area contributed by atoms with Gasteiger partial charge in [0.05, 0.1) is 0 Å². The molecule has 0 N–H and O–H groups in total. The molecule has 8 nitrogen and oxygen atoms in total. The lowest BCUT2D eigenvalue weighted by atomic mass is 10.4. The molecule has 2 heterocycles. The van der Waals surface area contributed by atoms with Crippen LogP contribution in [0.2, 0.25) is 0 Å². The number of amidine groups is 2. The van der Waals surface area contributed by atoms with Crippen LogP contribution in [0.4, 0.5) is 0 Å². The SMILES string of the molecule is C=C1N=NC(SCCCCSC2=NC(=O)C(=C)N=N2)=NC1=O. The molecule has 0 aliphatic carbocycles. The summed E-state index contributed by atoms with van der Waals surface area (Å²) in [5.74, 6) is 0.643. The van der Waals surface area contributed by atoms with E-state index in [9.17, 15) is 9.59 Å². The Bertz CT molecular complexity index is 594. The van der Waals surface area contributed by atoms with Gasteiger partial charge in [-0.1, -0.05) is 36.7 Å². The molecule has 2 amide bonds. The molecule has 0 saturated heterocycles. The van der Waals surface area contributed by atoms with Gasteiger partial charge in [-0.05, 0) is 12.8 Å². The Hall–Kier alpha value is -1.94. The van der Waals surface area contributed by atoms with E-state index in [1.807, 2.05) is 0 Å². The smallest absolute Gasteiger partial charge is 0.265 e. The third-order valence-electron chi connectivity index (χ3n) is 2.40. The number of unbranched alkanes of at least 4 members (excludes halogenated alkanes) is 1. The number of nitrogens with zero attached hydrogens (tertiary/aromatic N) is 6. The van der Waals surface area contributed by atoms with Gasteiger partial charge >= 0.3 is 0 Å². The minimum atomic E-state index is -0.444. The number of rotatable bonds is 5. The molecule has 0 bridgehead atoms. The van der Waals surface area contributed by atoms with Gasteiger partial charge in [-0.15, -0.1) is 20.5 Å². The van der Waals surface area contributed by atoms with Crippen molar-refractivity contribution in [3.63, 3.8) is 0 Å². The second-order valence-electron chi connectivity index (χ2n) is 4.10. The number of hydrogen-bond donors (Lipinski definition) is 0. The summed E-state index contributed by atoms with van der Waals surface area (Å²) < 4.78 is 0. The number of carbonyl (C=O) groups is 2. The molecule has 2 aliphatic heterocycles. The molecule has 0 spiro atoms. The zero-order chi connectivity index (χ0) is 15.9. The summed E-state index contributed by atoms with van der Waals surface area (Å²) in [7, 11) is 0. The lowest BCUT2D eigenvalue weighted by Gasteiger charge is -2.05. The standard InChI is InChI=1S/C12H12N6O2S2/c1-7-9(19)13-11(17-15-7)21-5-3-4-6-22-12-14-10(20)8(2)16-18-12/h1-6H2. The van der Waals surface area contributed by atoms with Crippen molar-refractivity contribution in [2.45, 2.75) is 12.8 Å².